The molecule has 1 aliphatic rings. The van der Waals surface area contributed by atoms with E-state index < -0.39 is 5.79 Å². The summed E-state index contributed by atoms with van der Waals surface area (Å²) in [6.45, 7) is 7.52. The van der Waals surface area contributed by atoms with Crippen LogP contribution in [0.2, 0.25) is 0 Å². The smallest absolute Gasteiger partial charge is 0.308 e. The first kappa shape index (κ1) is 30.2. The summed E-state index contributed by atoms with van der Waals surface area (Å²) in [6.07, 6.45) is 20.2. The highest BCUT2D eigenvalue weighted by Gasteiger charge is 2.35. The number of hydrogen-bond donors (Lipinski definition) is 0. The zero-order valence-electron chi connectivity index (χ0n) is 23.1. The van der Waals surface area contributed by atoms with E-state index in [0.29, 0.717) is 12.2 Å². The van der Waals surface area contributed by atoms with Gasteiger partial charge in [-0.1, -0.05) is 95.8 Å². The van der Waals surface area contributed by atoms with Gasteiger partial charge in [-0.2, -0.15) is 0 Å². The molecule has 0 N–H and O–H groups in total. The van der Waals surface area contributed by atoms with Crippen LogP contribution in [0.25, 0.3) is 6.08 Å². The van der Waals surface area contributed by atoms with E-state index in [9.17, 15) is 9.59 Å². The molecule has 2 atom stereocenters. The Kier molecular flexibility index (Phi) is 14.0. The Balaban J connectivity index is 1.66. The van der Waals surface area contributed by atoms with Gasteiger partial charge in [0.2, 0.25) is 0 Å². The van der Waals surface area contributed by atoms with E-state index in [4.69, 9.17) is 14.2 Å². The SMILES string of the molecule is CCCCCCCCCCCCC[C@@H]1C[C@@H](CC(=O)/C=C/c2ccc(OC(C)=O)cc2)OC(C)(C)O1. The van der Waals surface area contributed by atoms with Crippen LogP contribution in [0.1, 0.15) is 123 Å². The lowest BCUT2D eigenvalue weighted by Gasteiger charge is -2.40. The van der Waals surface area contributed by atoms with E-state index in [0.717, 1.165) is 18.4 Å². The number of unbranched alkanes of at least 4 members (excludes halogenated alkanes) is 10. The second kappa shape index (κ2) is 16.7. The second-order valence-electron chi connectivity index (χ2n) is 10.6. The quantitative estimate of drug-likeness (QED) is 0.0933. The van der Waals surface area contributed by atoms with Crippen LogP contribution in [0.5, 0.6) is 5.75 Å². The molecule has 0 saturated carbocycles. The zero-order valence-corrected chi connectivity index (χ0v) is 23.1. The van der Waals surface area contributed by atoms with Crippen molar-refractivity contribution in [2.45, 2.75) is 136 Å². The molecular weight excluding hydrogens is 452 g/mol. The van der Waals surface area contributed by atoms with Crippen LogP contribution in [0.4, 0.5) is 0 Å². The number of rotatable bonds is 17. The molecule has 0 aliphatic carbocycles. The summed E-state index contributed by atoms with van der Waals surface area (Å²) >= 11 is 0. The van der Waals surface area contributed by atoms with Gasteiger partial charge < -0.3 is 14.2 Å². The Morgan fingerprint density at radius 1 is 0.889 bits per heavy atom. The van der Waals surface area contributed by atoms with Crippen molar-refractivity contribution in [2.24, 2.45) is 0 Å². The van der Waals surface area contributed by atoms with Crippen molar-refractivity contribution in [2.75, 3.05) is 0 Å². The van der Waals surface area contributed by atoms with Crippen LogP contribution in [-0.2, 0) is 19.1 Å². The summed E-state index contributed by atoms with van der Waals surface area (Å²) < 4.78 is 17.3. The number of benzene rings is 1. The Morgan fingerprint density at radius 2 is 1.44 bits per heavy atom. The second-order valence-corrected chi connectivity index (χ2v) is 10.6. The van der Waals surface area contributed by atoms with E-state index >= 15 is 0 Å². The molecule has 0 aromatic heterocycles. The lowest BCUT2D eigenvalue weighted by atomic mass is 9.98. The molecule has 1 heterocycles. The summed E-state index contributed by atoms with van der Waals surface area (Å²) in [6, 6.07) is 7.07. The first-order valence-electron chi connectivity index (χ1n) is 14.1. The molecule has 0 bridgehead atoms. The Hall–Kier alpha value is -1.98. The van der Waals surface area contributed by atoms with Crippen molar-refractivity contribution in [3.8, 4) is 5.75 Å². The average molecular weight is 501 g/mol. The number of carbonyl (C=O) groups is 2. The standard InChI is InChI=1S/C31H48O5/c1-5-6-7-8-9-10-11-12-13-14-15-16-29-24-30(36-31(3,4)35-29)23-27(33)20-17-26-18-21-28(22-19-26)34-25(2)32/h17-22,29-30H,5-16,23-24H2,1-4H3/b20-17+/t29-,30-/m1/s1. The lowest BCUT2D eigenvalue weighted by molar-refractivity contribution is -0.299. The van der Waals surface area contributed by atoms with Gasteiger partial charge in [0, 0.05) is 19.8 Å². The van der Waals surface area contributed by atoms with E-state index in [-0.39, 0.29) is 24.0 Å². The number of esters is 1. The van der Waals surface area contributed by atoms with E-state index in [1.54, 1.807) is 24.3 Å². The Bertz CT molecular complexity index is 796. The summed E-state index contributed by atoms with van der Waals surface area (Å²) in [5.41, 5.74) is 0.877. The Morgan fingerprint density at radius 3 is 2.03 bits per heavy atom. The maximum absolute atomic E-state index is 12.6. The minimum Gasteiger partial charge on any atom is -0.427 e. The largest absolute Gasteiger partial charge is 0.427 e. The first-order chi connectivity index (χ1) is 17.3. The van der Waals surface area contributed by atoms with Crippen molar-refractivity contribution >= 4 is 17.8 Å². The fourth-order valence-electron chi connectivity index (χ4n) is 4.85. The van der Waals surface area contributed by atoms with Crippen LogP contribution in [0.15, 0.2) is 30.3 Å². The van der Waals surface area contributed by atoms with Crippen molar-refractivity contribution in [3.63, 3.8) is 0 Å². The maximum atomic E-state index is 12.6. The van der Waals surface area contributed by atoms with Crippen LogP contribution in [-0.4, -0.2) is 29.7 Å². The van der Waals surface area contributed by atoms with E-state index in [1.807, 2.05) is 26.0 Å². The molecule has 0 unspecified atom stereocenters. The van der Waals surface area contributed by atoms with Crippen molar-refractivity contribution in [1.82, 2.24) is 0 Å². The highest BCUT2D eigenvalue weighted by Crippen LogP contribution is 2.31. The molecular formula is C31H48O5. The van der Waals surface area contributed by atoms with Crippen molar-refractivity contribution in [1.29, 1.82) is 0 Å². The molecule has 0 radical (unpaired) electrons. The topological polar surface area (TPSA) is 61.8 Å². The van der Waals surface area contributed by atoms with Crippen molar-refractivity contribution < 1.29 is 23.8 Å². The van der Waals surface area contributed by atoms with Gasteiger partial charge in [-0.3, -0.25) is 9.59 Å². The van der Waals surface area contributed by atoms with Gasteiger partial charge in [0.1, 0.15) is 5.75 Å². The predicted molar refractivity (Wildman–Crippen MR) is 146 cm³/mol. The average Bonchev–Trinajstić information content (AvgIpc) is 2.81. The van der Waals surface area contributed by atoms with Crippen LogP contribution in [0, 0.1) is 0 Å². The zero-order chi connectivity index (χ0) is 26.2. The highest BCUT2D eigenvalue weighted by molar-refractivity contribution is 5.93. The summed E-state index contributed by atoms with van der Waals surface area (Å²) in [5, 5.41) is 0. The lowest BCUT2D eigenvalue weighted by Crippen LogP contribution is -2.45. The van der Waals surface area contributed by atoms with Gasteiger partial charge in [-0.15, -0.1) is 0 Å². The molecule has 5 heteroatoms. The van der Waals surface area contributed by atoms with Crippen LogP contribution in [0.3, 0.4) is 0 Å². The minimum atomic E-state index is -0.665. The van der Waals surface area contributed by atoms with Crippen LogP contribution >= 0.6 is 0 Å². The molecule has 2 rings (SSSR count). The molecule has 5 nitrogen and oxygen atoms in total. The third kappa shape index (κ3) is 13.4. The summed E-state index contributed by atoms with van der Waals surface area (Å²) in [5.74, 6) is -0.487. The van der Waals surface area contributed by atoms with E-state index in [1.165, 1.54) is 77.6 Å². The summed E-state index contributed by atoms with van der Waals surface area (Å²) in [4.78, 5) is 23.6. The molecule has 1 aromatic carbocycles. The van der Waals surface area contributed by atoms with Gasteiger partial charge >= 0.3 is 5.97 Å². The number of hydrogen-bond acceptors (Lipinski definition) is 5. The number of carbonyl (C=O) groups excluding carboxylic acids is 2. The molecule has 36 heavy (non-hydrogen) atoms. The molecule has 0 spiro atoms. The summed E-state index contributed by atoms with van der Waals surface area (Å²) in [7, 11) is 0. The van der Waals surface area contributed by atoms with Crippen molar-refractivity contribution in [3.05, 3.63) is 35.9 Å². The molecule has 0 amide bonds. The minimum absolute atomic E-state index is 0.0372. The first-order valence-corrected chi connectivity index (χ1v) is 14.1. The van der Waals surface area contributed by atoms with Gasteiger partial charge in [0.05, 0.1) is 12.2 Å². The maximum Gasteiger partial charge on any atom is 0.308 e. The van der Waals surface area contributed by atoms with Gasteiger partial charge in [0.25, 0.3) is 0 Å². The monoisotopic (exact) mass is 500 g/mol. The number of ether oxygens (including phenoxy) is 3. The molecule has 1 aliphatic heterocycles. The normalized spacial score (nSPS) is 19.4. The molecule has 1 saturated heterocycles. The van der Waals surface area contributed by atoms with E-state index in [2.05, 4.69) is 6.92 Å². The fraction of sp³-hybridized carbons (Fsp3) is 0.677. The highest BCUT2D eigenvalue weighted by atomic mass is 16.7. The number of ketones is 1. The molecule has 1 fully saturated rings. The third-order valence-corrected chi connectivity index (χ3v) is 6.59. The van der Waals surface area contributed by atoms with Gasteiger partial charge in [-0.25, -0.2) is 0 Å². The predicted octanol–water partition coefficient (Wildman–Crippen LogP) is 8.20. The Labute approximate surface area is 219 Å². The van der Waals surface area contributed by atoms with Crippen LogP contribution < -0.4 is 4.74 Å². The third-order valence-electron chi connectivity index (χ3n) is 6.59. The van der Waals surface area contributed by atoms with Gasteiger partial charge in [-0.05, 0) is 44.0 Å². The number of allylic oxidation sites excluding steroid dienone is 1. The molecule has 202 valence electrons. The van der Waals surface area contributed by atoms with Gasteiger partial charge in [0.15, 0.2) is 11.6 Å². The fourth-order valence-corrected chi connectivity index (χ4v) is 4.85. The molecule has 1 aromatic rings.